The summed E-state index contributed by atoms with van der Waals surface area (Å²) in [4.78, 5) is 26.1. The highest BCUT2D eigenvalue weighted by molar-refractivity contribution is 5.94. The van der Waals surface area contributed by atoms with E-state index in [4.69, 9.17) is 24.9 Å². The van der Waals surface area contributed by atoms with E-state index in [0.717, 1.165) is 77.9 Å². The van der Waals surface area contributed by atoms with Crippen LogP contribution in [0.3, 0.4) is 0 Å². The lowest BCUT2D eigenvalue weighted by Gasteiger charge is -2.12. The van der Waals surface area contributed by atoms with E-state index >= 15 is 0 Å². The third kappa shape index (κ3) is 3.52. The summed E-state index contributed by atoms with van der Waals surface area (Å²) in [5, 5.41) is 0. The van der Waals surface area contributed by atoms with Crippen molar-refractivity contribution in [1.29, 1.82) is 0 Å². The number of aryl methyl sites for hydroxylation is 3. The Hall–Kier alpha value is -6.35. The molecule has 48 heavy (non-hydrogen) atoms. The second-order valence-corrected chi connectivity index (χ2v) is 12.5. The Morgan fingerprint density at radius 1 is 0.396 bits per heavy atom. The van der Waals surface area contributed by atoms with Gasteiger partial charge in [-0.3, -0.25) is 8.80 Å². The van der Waals surface area contributed by atoms with Crippen LogP contribution in [0.15, 0.2) is 103 Å². The average molecular weight is 624 g/mol. The van der Waals surface area contributed by atoms with Crippen molar-refractivity contribution in [2.24, 2.45) is 0 Å². The summed E-state index contributed by atoms with van der Waals surface area (Å²) in [6.45, 7) is 8.43. The number of benzene rings is 5. The van der Waals surface area contributed by atoms with Gasteiger partial charge in [-0.25, -0.2) is 19.1 Å². The zero-order chi connectivity index (χ0) is 32.3. The van der Waals surface area contributed by atoms with E-state index in [2.05, 4.69) is 137 Å². The Morgan fingerprint density at radius 2 is 0.833 bits per heavy atom. The van der Waals surface area contributed by atoms with Crippen LogP contribution in [0.1, 0.15) is 22.3 Å². The number of aromatic nitrogens is 9. The summed E-state index contributed by atoms with van der Waals surface area (Å²) in [5.74, 6) is 3.04. The van der Waals surface area contributed by atoms with E-state index in [-0.39, 0.29) is 0 Å². The van der Waals surface area contributed by atoms with Gasteiger partial charge in [0.15, 0.2) is 5.82 Å². The maximum Gasteiger partial charge on any atom is 0.242 e. The molecule has 9 heteroatoms. The molecule has 5 aromatic heterocycles. The summed E-state index contributed by atoms with van der Waals surface area (Å²) in [5.41, 5.74) is 13.4. The highest BCUT2D eigenvalue weighted by Gasteiger charge is 2.24. The van der Waals surface area contributed by atoms with E-state index in [1.54, 1.807) is 0 Å². The van der Waals surface area contributed by atoms with Crippen molar-refractivity contribution < 1.29 is 0 Å². The molecule has 5 heterocycles. The van der Waals surface area contributed by atoms with Gasteiger partial charge in [-0.2, -0.15) is 15.0 Å². The molecule has 230 valence electrons. The Kier molecular flexibility index (Phi) is 5.36. The summed E-state index contributed by atoms with van der Waals surface area (Å²) >= 11 is 0. The van der Waals surface area contributed by atoms with Crippen LogP contribution in [0.5, 0.6) is 0 Å². The van der Waals surface area contributed by atoms with Gasteiger partial charge in [0.1, 0.15) is 0 Å². The van der Waals surface area contributed by atoms with Gasteiger partial charge in [-0.1, -0.05) is 66.7 Å². The summed E-state index contributed by atoms with van der Waals surface area (Å²) in [6.07, 6.45) is 0. The Balaban J connectivity index is 1.37. The number of fused-ring (bicyclic) bond motifs is 10. The molecule has 5 aromatic carbocycles. The molecule has 0 unspecified atom stereocenters. The fourth-order valence-corrected chi connectivity index (χ4v) is 7.19. The molecule has 9 nitrogen and oxygen atoms in total. The SMILES string of the molecule is Cc1cccc(-c2nc(-n3c4ccccc4n4c5cccc(C)c5nc34)nc(-n3c4ccccc4n4c5cccc(C)c5nc34)n2)c1C. The first-order valence-corrected chi connectivity index (χ1v) is 16.1. The average Bonchev–Trinajstić information content (AvgIpc) is 3.83. The molecule has 0 saturated carbocycles. The van der Waals surface area contributed by atoms with Gasteiger partial charge in [0.2, 0.25) is 23.5 Å². The first kappa shape index (κ1) is 26.8. The molecular weight excluding hydrogens is 594 g/mol. The fraction of sp³-hybridized carbons (Fsp3) is 0.103. The largest absolute Gasteiger partial charge is 0.276 e. The normalized spacial score (nSPS) is 12.2. The molecule has 10 rings (SSSR count). The van der Waals surface area contributed by atoms with E-state index in [1.807, 2.05) is 12.1 Å². The van der Waals surface area contributed by atoms with Gasteiger partial charge in [0.25, 0.3) is 0 Å². The van der Waals surface area contributed by atoms with Crippen LogP contribution in [-0.4, -0.2) is 42.9 Å². The molecule has 0 fully saturated rings. The van der Waals surface area contributed by atoms with Crippen molar-refractivity contribution in [3.63, 3.8) is 0 Å². The third-order valence-electron chi connectivity index (χ3n) is 9.72. The first-order chi connectivity index (χ1) is 23.5. The maximum atomic E-state index is 5.28. The van der Waals surface area contributed by atoms with Crippen molar-refractivity contribution in [3.05, 3.63) is 125 Å². The number of nitrogens with zero attached hydrogens (tertiary/aromatic N) is 9. The highest BCUT2D eigenvalue weighted by atomic mass is 15.3. The highest BCUT2D eigenvalue weighted by Crippen LogP contribution is 2.33. The van der Waals surface area contributed by atoms with Crippen molar-refractivity contribution in [3.8, 4) is 23.3 Å². The summed E-state index contributed by atoms with van der Waals surface area (Å²) < 4.78 is 8.52. The number of para-hydroxylation sites is 6. The van der Waals surface area contributed by atoms with Crippen LogP contribution in [0.4, 0.5) is 0 Å². The molecule has 0 aliphatic rings. The standard InChI is InChI=1S/C39H29N9/c1-22-12-9-15-26(25(22)4)35-42-36(47-29-18-7-5-16-27(29)45-31-20-10-13-23(2)33(31)40-38(45)47)44-37(43-35)48-30-19-8-6-17-28(30)46-32-21-11-14-24(3)34(32)41-39(46)48/h5-21H,1-4H3. The third-order valence-corrected chi connectivity index (χ3v) is 9.72. The zero-order valence-electron chi connectivity index (χ0n) is 26.8. The van der Waals surface area contributed by atoms with Gasteiger partial charge in [0.05, 0.1) is 44.1 Å². The Labute approximate surface area is 274 Å². The number of hydrogen-bond donors (Lipinski definition) is 0. The quantitative estimate of drug-likeness (QED) is 0.198. The summed E-state index contributed by atoms with van der Waals surface area (Å²) in [6, 6.07) is 35.5. The van der Waals surface area contributed by atoms with Crippen molar-refractivity contribution in [1.82, 2.24) is 42.9 Å². The first-order valence-electron chi connectivity index (χ1n) is 16.1. The molecule has 0 N–H and O–H groups in total. The fourth-order valence-electron chi connectivity index (χ4n) is 7.19. The van der Waals surface area contributed by atoms with Gasteiger partial charge in [-0.15, -0.1) is 0 Å². The number of hydrogen-bond acceptors (Lipinski definition) is 5. The molecule has 0 aliphatic heterocycles. The van der Waals surface area contributed by atoms with Crippen LogP contribution in [0.25, 0.3) is 79.0 Å². The van der Waals surface area contributed by atoms with E-state index in [1.165, 1.54) is 5.56 Å². The molecule has 10 aromatic rings. The lowest BCUT2D eigenvalue weighted by atomic mass is 10.0. The molecule has 0 aliphatic carbocycles. The van der Waals surface area contributed by atoms with Gasteiger partial charge < -0.3 is 0 Å². The van der Waals surface area contributed by atoms with E-state index < -0.39 is 0 Å². The van der Waals surface area contributed by atoms with Crippen molar-refractivity contribution in [2.45, 2.75) is 27.7 Å². The predicted molar refractivity (Wildman–Crippen MR) is 190 cm³/mol. The zero-order valence-corrected chi connectivity index (χ0v) is 26.8. The number of imidazole rings is 4. The molecule has 0 saturated heterocycles. The van der Waals surface area contributed by atoms with E-state index in [9.17, 15) is 0 Å². The minimum Gasteiger partial charge on any atom is -0.276 e. The minimum absolute atomic E-state index is 0.485. The van der Waals surface area contributed by atoms with Gasteiger partial charge >= 0.3 is 0 Å². The van der Waals surface area contributed by atoms with Crippen molar-refractivity contribution in [2.75, 3.05) is 0 Å². The van der Waals surface area contributed by atoms with E-state index in [0.29, 0.717) is 17.7 Å². The smallest absolute Gasteiger partial charge is 0.242 e. The maximum absolute atomic E-state index is 5.28. The van der Waals surface area contributed by atoms with Crippen LogP contribution >= 0.6 is 0 Å². The monoisotopic (exact) mass is 623 g/mol. The molecule has 0 spiro atoms. The Bertz CT molecular complexity index is 2780. The lowest BCUT2D eigenvalue weighted by Crippen LogP contribution is -2.11. The van der Waals surface area contributed by atoms with Gasteiger partial charge in [-0.05, 0) is 86.3 Å². The predicted octanol–water partition coefficient (Wildman–Crippen LogP) is 8.26. The number of rotatable bonds is 3. The van der Waals surface area contributed by atoms with Crippen LogP contribution in [-0.2, 0) is 0 Å². The van der Waals surface area contributed by atoms with Gasteiger partial charge in [0, 0.05) is 5.56 Å². The lowest BCUT2D eigenvalue weighted by molar-refractivity contribution is 0.876. The Morgan fingerprint density at radius 3 is 1.35 bits per heavy atom. The molecule has 0 atom stereocenters. The molecular formula is C39H29N9. The topological polar surface area (TPSA) is 83.1 Å². The summed E-state index contributed by atoms with van der Waals surface area (Å²) in [7, 11) is 0. The minimum atomic E-state index is 0.485. The molecule has 0 radical (unpaired) electrons. The van der Waals surface area contributed by atoms with Crippen molar-refractivity contribution >= 4 is 55.7 Å². The second kappa shape index (κ2) is 9.59. The molecule has 0 amide bonds. The molecule has 0 bridgehead atoms. The second-order valence-electron chi connectivity index (χ2n) is 12.5. The van der Waals surface area contributed by atoms with Crippen LogP contribution < -0.4 is 0 Å². The van der Waals surface area contributed by atoms with Crippen LogP contribution in [0.2, 0.25) is 0 Å². The van der Waals surface area contributed by atoms with Crippen LogP contribution in [0, 0.1) is 27.7 Å².